The zero-order valence-corrected chi connectivity index (χ0v) is 18.5. The number of nitrogens with one attached hydrogen (secondary N) is 1. The van der Waals surface area contributed by atoms with E-state index in [9.17, 15) is 4.79 Å². The van der Waals surface area contributed by atoms with Crippen LogP contribution in [-0.4, -0.2) is 48.6 Å². The number of rotatable bonds is 5. The quantitative estimate of drug-likeness (QED) is 0.421. The standard InChI is InChI=1S/C25H22FN7O/c1-32-12-16(9-30-32)20-8-18-21(11-28-20)31-24-23(18)22(19(26)10-29-24)14-3-4-17-15(7-14)13-33(25(17)34)6-2-5-27/h3-4,7-12H,2,5-6,13,27H2,1H3,(H,29,31). The third kappa shape index (κ3) is 3.16. The van der Waals surface area contributed by atoms with Gasteiger partial charge in [0.05, 0.1) is 29.8 Å². The molecule has 1 aliphatic rings. The van der Waals surface area contributed by atoms with E-state index in [-0.39, 0.29) is 5.91 Å². The number of fused-ring (bicyclic) bond motifs is 4. The first-order chi connectivity index (χ1) is 16.5. The normalized spacial score (nSPS) is 13.4. The Morgan fingerprint density at radius 2 is 2.03 bits per heavy atom. The molecular formula is C25H22FN7O. The number of carbonyl (C=O) groups is 1. The highest BCUT2D eigenvalue weighted by atomic mass is 19.1. The van der Waals surface area contributed by atoms with Crippen LogP contribution in [0.4, 0.5) is 4.39 Å². The van der Waals surface area contributed by atoms with Crippen LogP contribution in [-0.2, 0) is 13.6 Å². The number of aryl methyl sites for hydroxylation is 1. The summed E-state index contributed by atoms with van der Waals surface area (Å²) in [5.74, 6) is -0.424. The monoisotopic (exact) mass is 455 g/mol. The van der Waals surface area contributed by atoms with Gasteiger partial charge in [0, 0.05) is 53.8 Å². The van der Waals surface area contributed by atoms with Crippen molar-refractivity contribution in [3.8, 4) is 22.4 Å². The third-order valence-electron chi connectivity index (χ3n) is 6.36. The van der Waals surface area contributed by atoms with Crippen LogP contribution in [0.25, 0.3) is 44.3 Å². The van der Waals surface area contributed by atoms with Gasteiger partial charge in [-0.2, -0.15) is 5.10 Å². The van der Waals surface area contributed by atoms with Crippen molar-refractivity contribution in [3.05, 3.63) is 66.0 Å². The van der Waals surface area contributed by atoms with Gasteiger partial charge in [0.15, 0.2) is 0 Å². The molecule has 0 saturated carbocycles. The van der Waals surface area contributed by atoms with Gasteiger partial charge >= 0.3 is 0 Å². The Morgan fingerprint density at radius 1 is 1.15 bits per heavy atom. The molecule has 1 aromatic carbocycles. The first-order valence-corrected chi connectivity index (χ1v) is 11.1. The molecule has 1 aliphatic heterocycles. The van der Waals surface area contributed by atoms with Gasteiger partial charge in [-0.15, -0.1) is 0 Å². The smallest absolute Gasteiger partial charge is 0.254 e. The lowest BCUT2D eigenvalue weighted by Crippen LogP contribution is -2.26. The predicted octanol–water partition coefficient (Wildman–Crippen LogP) is 3.62. The molecule has 8 nitrogen and oxygen atoms in total. The van der Waals surface area contributed by atoms with E-state index in [0.717, 1.165) is 34.1 Å². The van der Waals surface area contributed by atoms with Gasteiger partial charge in [-0.05, 0) is 42.3 Å². The van der Waals surface area contributed by atoms with Gasteiger partial charge in [-0.25, -0.2) is 9.37 Å². The zero-order valence-electron chi connectivity index (χ0n) is 18.5. The summed E-state index contributed by atoms with van der Waals surface area (Å²) in [6.45, 7) is 1.64. The summed E-state index contributed by atoms with van der Waals surface area (Å²) in [6, 6.07) is 7.44. The number of H-pyrrole nitrogens is 1. The van der Waals surface area contributed by atoms with Crippen molar-refractivity contribution in [1.29, 1.82) is 0 Å². The van der Waals surface area contributed by atoms with E-state index in [4.69, 9.17) is 5.73 Å². The summed E-state index contributed by atoms with van der Waals surface area (Å²) < 4.78 is 17.0. The zero-order chi connectivity index (χ0) is 23.4. The van der Waals surface area contributed by atoms with E-state index in [2.05, 4.69) is 20.1 Å². The second-order valence-electron chi connectivity index (χ2n) is 8.59. The molecule has 6 rings (SSSR count). The summed E-state index contributed by atoms with van der Waals surface area (Å²) >= 11 is 0. The number of hydrogen-bond acceptors (Lipinski definition) is 5. The Bertz CT molecular complexity index is 1590. The largest absolute Gasteiger partial charge is 0.338 e. The van der Waals surface area contributed by atoms with Crippen molar-refractivity contribution in [2.75, 3.05) is 13.1 Å². The van der Waals surface area contributed by atoms with E-state index in [1.165, 1.54) is 6.20 Å². The molecule has 170 valence electrons. The number of hydrogen-bond donors (Lipinski definition) is 2. The lowest BCUT2D eigenvalue weighted by molar-refractivity contribution is 0.0777. The average molecular weight is 455 g/mol. The second kappa shape index (κ2) is 7.74. The summed E-state index contributed by atoms with van der Waals surface area (Å²) in [7, 11) is 1.85. The molecule has 5 heterocycles. The van der Waals surface area contributed by atoms with E-state index in [1.54, 1.807) is 28.0 Å². The topological polar surface area (TPSA) is 106 Å². The maximum Gasteiger partial charge on any atom is 0.254 e. The predicted molar refractivity (Wildman–Crippen MR) is 127 cm³/mol. The van der Waals surface area contributed by atoms with E-state index in [1.807, 2.05) is 31.4 Å². The highest BCUT2D eigenvalue weighted by molar-refractivity contribution is 6.13. The lowest BCUT2D eigenvalue weighted by Gasteiger charge is -2.14. The Balaban J connectivity index is 1.51. The molecule has 9 heteroatoms. The molecule has 1 amide bonds. The highest BCUT2D eigenvalue weighted by Gasteiger charge is 2.28. The summed E-state index contributed by atoms with van der Waals surface area (Å²) in [5, 5.41) is 5.74. The first-order valence-electron chi connectivity index (χ1n) is 11.1. The Morgan fingerprint density at radius 3 is 2.82 bits per heavy atom. The molecule has 0 unspecified atom stereocenters. The maximum atomic E-state index is 15.3. The minimum Gasteiger partial charge on any atom is -0.338 e. The van der Waals surface area contributed by atoms with Crippen LogP contribution in [0.1, 0.15) is 22.3 Å². The average Bonchev–Trinajstić information content (AvgIpc) is 3.52. The van der Waals surface area contributed by atoms with Gasteiger partial charge in [-0.3, -0.25) is 14.5 Å². The lowest BCUT2D eigenvalue weighted by atomic mass is 9.97. The molecular weight excluding hydrogens is 433 g/mol. The van der Waals surface area contributed by atoms with Gasteiger partial charge in [0.25, 0.3) is 5.91 Å². The van der Waals surface area contributed by atoms with Crippen molar-refractivity contribution < 1.29 is 9.18 Å². The molecule has 3 N–H and O–H groups in total. The molecule has 4 aromatic heterocycles. The molecule has 0 aliphatic carbocycles. The number of halogens is 1. The summed E-state index contributed by atoms with van der Waals surface area (Å²) in [5.41, 5.74) is 11.3. The number of aromatic amines is 1. The van der Waals surface area contributed by atoms with E-state index in [0.29, 0.717) is 47.4 Å². The molecule has 5 aromatic rings. The highest BCUT2D eigenvalue weighted by Crippen LogP contribution is 2.38. The molecule has 0 radical (unpaired) electrons. The molecule has 34 heavy (non-hydrogen) atoms. The second-order valence-corrected chi connectivity index (χ2v) is 8.59. The van der Waals surface area contributed by atoms with Crippen molar-refractivity contribution in [3.63, 3.8) is 0 Å². The van der Waals surface area contributed by atoms with Crippen molar-refractivity contribution in [1.82, 2.24) is 29.6 Å². The maximum absolute atomic E-state index is 15.3. The molecule has 0 atom stereocenters. The minimum absolute atomic E-state index is 0.00497. The van der Waals surface area contributed by atoms with Crippen LogP contribution < -0.4 is 5.73 Å². The van der Waals surface area contributed by atoms with Gasteiger partial charge in [-0.1, -0.05) is 6.07 Å². The van der Waals surface area contributed by atoms with Gasteiger partial charge in [0.1, 0.15) is 11.5 Å². The fourth-order valence-corrected chi connectivity index (χ4v) is 4.73. The van der Waals surface area contributed by atoms with Crippen LogP contribution >= 0.6 is 0 Å². The number of nitrogens with two attached hydrogens (primary N) is 1. The van der Waals surface area contributed by atoms with Crippen molar-refractivity contribution >= 4 is 27.8 Å². The third-order valence-corrected chi connectivity index (χ3v) is 6.36. The van der Waals surface area contributed by atoms with Crippen LogP contribution in [0, 0.1) is 5.82 Å². The number of pyridine rings is 2. The SMILES string of the molecule is Cn1cc(-c2cc3c(cn2)[nH]c2ncc(F)c(-c4ccc5c(c4)CN(CCCN)C5=O)c23)cn1. The van der Waals surface area contributed by atoms with E-state index >= 15 is 4.39 Å². The van der Waals surface area contributed by atoms with Crippen LogP contribution in [0.15, 0.2) is 49.1 Å². The number of carbonyl (C=O) groups excluding carboxylic acids is 1. The molecule has 0 spiro atoms. The van der Waals surface area contributed by atoms with E-state index < -0.39 is 5.82 Å². The number of aromatic nitrogens is 5. The van der Waals surface area contributed by atoms with Crippen LogP contribution in [0.2, 0.25) is 0 Å². The van der Waals surface area contributed by atoms with Crippen LogP contribution in [0.3, 0.4) is 0 Å². The fraction of sp³-hybridized carbons (Fsp3) is 0.200. The Labute approximate surface area is 194 Å². The van der Waals surface area contributed by atoms with Crippen molar-refractivity contribution in [2.24, 2.45) is 12.8 Å². The minimum atomic E-state index is -0.419. The Kier molecular flexibility index (Phi) is 4.66. The molecule has 0 saturated heterocycles. The Hall–Kier alpha value is -4.11. The number of benzene rings is 1. The van der Waals surface area contributed by atoms with Crippen LogP contribution in [0.5, 0.6) is 0 Å². The summed E-state index contributed by atoms with van der Waals surface area (Å²) in [6.07, 6.45) is 7.34. The van der Waals surface area contributed by atoms with Crippen molar-refractivity contribution in [2.45, 2.75) is 13.0 Å². The summed E-state index contributed by atoms with van der Waals surface area (Å²) in [4.78, 5) is 26.6. The number of amides is 1. The fourth-order valence-electron chi connectivity index (χ4n) is 4.73. The van der Waals surface area contributed by atoms with Gasteiger partial charge in [0.2, 0.25) is 0 Å². The first kappa shape index (κ1) is 20.5. The number of nitrogens with zero attached hydrogens (tertiary/aromatic N) is 5. The molecule has 0 bridgehead atoms. The van der Waals surface area contributed by atoms with Gasteiger partial charge < -0.3 is 15.6 Å². The molecule has 0 fully saturated rings.